The SMILES string of the molecule is CNC(=O)[C@@]1(Cc2ccccc2-c2cccnc2)CCCN(C(=O)Cc2ccccc2)C1. The lowest BCUT2D eigenvalue weighted by atomic mass is 9.73. The maximum atomic E-state index is 13.2. The van der Waals surface area contributed by atoms with Gasteiger partial charge in [-0.1, -0.05) is 60.7 Å². The van der Waals surface area contributed by atoms with E-state index in [1.165, 1.54) is 0 Å². The fourth-order valence-electron chi connectivity index (χ4n) is 4.74. The first-order chi connectivity index (χ1) is 15.6. The van der Waals surface area contributed by atoms with Crippen molar-refractivity contribution in [1.29, 1.82) is 0 Å². The number of carbonyl (C=O) groups is 2. The van der Waals surface area contributed by atoms with E-state index >= 15 is 0 Å². The van der Waals surface area contributed by atoms with Gasteiger partial charge in [-0.3, -0.25) is 14.6 Å². The number of likely N-dealkylation sites (tertiary alicyclic amines) is 1. The quantitative estimate of drug-likeness (QED) is 0.649. The van der Waals surface area contributed by atoms with Crippen molar-refractivity contribution in [2.75, 3.05) is 20.1 Å². The van der Waals surface area contributed by atoms with Crippen LogP contribution in [0.15, 0.2) is 79.1 Å². The van der Waals surface area contributed by atoms with Gasteiger partial charge in [0.15, 0.2) is 0 Å². The third-order valence-corrected chi connectivity index (χ3v) is 6.36. The van der Waals surface area contributed by atoms with Crippen LogP contribution in [-0.4, -0.2) is 41.8 Å². The van der Waals surface area contributed by atoms with Gasteiger partial charge >= 0.3 is 0 Å². The fraction of sp³-hybridized carbons (Fsp3) is 0.296. The van der Waals surface area contributed by atoms with E-state index in [0.29, 0.717) is 25.9 Å². The number of pyridine rings is 1. The van der Waals surface area contributed by atoms with Crippen molar-refractivity contribution in [2.45, 2.75) is 25.7 Å². The number of nitrogens with zero attached hydrogens (tertiary/aromatic N) is 2. The second-order valence-electron chi connectivity index (χ2n) is 8.52. The van der Waals surface area contributed by atoms with Crippen LogP contribution in [0.4, 0.5) is 0 Å². The molecule has 1 aliphatic rings. The van der Waals surface area contributed by atoms with Crippen LogP contribution < -0.4 is 5.32 Å². The van der Waals surface area contributed by atoms with Gasteiger partial charge < -0.3 is 10.2 Å². The molecule has 4 rings (SSSR count). The van der Waals surface area contributed by atoms with Crippen LogP contribution in [0.1, 0.15) is 24.0 Å². The molecular weight excluding hydrogens is 398 g/mol. The van der Waals surface area contributed by atoms with Gasteiger partial charge in [-0.05, 0) is 42.0 Å². The minimum Gasteiger partial charge on any atom is -0.359 e. The van der Waals surface area contributed by atoms with Crippen molar-refractivity contribution in [1.82, 2.24) is 15.2 Å². The van der Waals surface area contributed by atoms with Crippen molar-refractivity contribution >= 4 is 11.8 Å². The number of piperidine rings is 1. The number of hydrogen-bond acceptors (Lipinski definition) is 3. The molecule has 164 valence electrons. The first-order valence-electron chi connectivity index (χ1n) is 11.1. The smallest absolute Gasteiger partial charge is 0.228 e. The van der Waals surface area contributed by atoms with Gasteiger partial charge in [-0.2, -0.15) is 0 Å². The molecule has 1 atom stereocenters. The number of aromatic nitrogens is 1. The van der Waals surface area contributed by atoms with Crippen molar-refractivity contribution in [3.05, 3.63) is 90.3 Å². The van der Waals surface area contributed by atoms with E-state index in [4.69, 9.17) is 0 Å². The van der Waals surface area contributed by atoms with E-state index in [9.17, 15) is 9.59 Å². The minimum absolute atomic E-state index is 0.00398. The predicted octanol–water partition coefficient (Wildman–Crippen LogP) is 3.89. The number of benzene rings is 2. The fourth-order valence-corrected chi connectivity index (χ4v) is 4.74. The topological polar surface area (TPSA) is 62.3 Å². The molecule has 0 aliphatic carbocycles. The highest BCUT2D eigenvalue weighted by Gasteiger charge is 2.43. The Labute approximate surface area is 189 Å². The standard InChI is InChI=1S/C27H29N3O2/c1-28-26(32)27(18-22-11-5-6-13-24(22)23-12-7-15-29-19-23)14-8-16-30(20-27)25(31)17-21-9-3-2-4-10-21/h2-7,9-13,15,19H,8,14,16-18,20H2,1H3,(H,28,32)/t27-/m1/s1. The lowest BCUT2D eigenvalue weighted by Gasteiger charge is -2.42. The highest BCUT2D eigenvalue weighted by molar-refractivity contribution is 5.85. The van der Waals surface area contributed by atoms with Gasteiger partial charge in [0.1, 0.15) is 0 Å². The maximum Gasteiger partial charge on any atom is 0.228 e. The Morgan fingerprint density at radius 2 is 1.81 bits per heavy atom. The monoisotopic (exact) mass is 427 g/mol. The van der Waals surface area contributed by atoms with E-state index in [-0.39, 0.29) is 11.8 Å². The average Bonchev–Trinajstić information content (AvgIpc) is 2.85. The molecule has 32 heavy (non-hydrogen) atoms. The number of carbonyl (C=O) groups excluding carboxylic acids is 2. The van der Waals surface area contributed by atoms with Crippen LogP contribution in [0.25, 0.3) is 11.1 Å². The number of hydrogen-bond donors (Lipinski definition) is 1. The zero-order chi connectivity index (χ0) is 22.4. The second kappa shape index (κ2) is 9.77. The Kier molecular flexibility index (Phi) is 6.64. The highest BCUT2D eigenvalue weighted by atomic mass is 16.2. The number of amides is 2. The summed E-state index contributed by atoms with van der Waals surface area (Å²) in [5, 5.41) is 2.87. The van der Waals surface area contributed by atoms with Gasteiger partial charge in [0, 0.05) is 38.1 Å². The van der Waals surface area contributed by atoms with Gasteiger partial charge in [0.2, 0.25) is 11.8 Å². The minimum atomic E-state index is -0.655. The zero-order valence-corrected chi connectivity index (χ0v) is 18.5. The van der Waals surface area contributed by atoms with Gasteiger partial charge in [-0.25, -0.2) is 0 Å². The molecule has 2 heterocycles. The molecule has 0 spiro atoms. The molecule has 0 bridgehead atoms. The summed E-state index contributed by atoms with van der Waals surface area (Å²) in [7, 11) is 1.68. The molecule has 1 N–H and O–H groups in total. The zero-order valence-electron chi connectivity index (χ0n) is 18.5. The molecule has 0 radical (unpaired) electrons. The van der Waals surface area contributed by atoms with Crippen LogP contribution in [0.3, 0.4) is 0 Å². The van der Waals surface area contributed by atoms with Gasteiger partial charge in [0.25, 0.3) is 0 Å². The Bertz CT molecular complexity index is 1070. The highest BCUT2D eigenvalue weighted by Crippen LogP contribution is 2.37. The molecule has 1 aromatic heterocycles. The molecule has 3 aromatic rings. The van der Waals surface area contributed by atoms with Gasteiger partial charge in [-0.15, -0.1) is 0 Å². The summed E-state index contributed by atoms with van der Waals surface area (Å²) in [4.78, 5) is 32.4. The Morgan fingerprint density at radius 3 is 2.56 bits per heavy atom. The molecule has 5 heteroatoms. The summed E-state index contributed by atoms with van der Waals surface area (Å²) in [5.41, 5.74) is 3.55. The van der Waals surface area contributed by atoms with Crippen LogP contribution in [0.5, 0.6) is 0 Å². The summed E-state index contributed by atoms with van der Waals surface area (Å²) in [6.07, 6.45) is 6.10. The summed E-state index contributed by atoms with van der Waals surface area (Å²) in [6.45, 7) is 1.12. The Hall–Kier alpha value is -3.47. The molecule has 0 unspecified atom stereocenters. The Morgan fingerprint density at radius 1 is 1.03 bits per heavy atom. The number of rotatable bonds is 6. The second-order valence-corrected chi connectivity index (χ2v) is 8.52. The van der Waals surface area contributed by atoms with E-state index in [1.807, 2.05) is 65.7 Å². The number of nitrogens with one attached hydrogen (secondary N) is 1. The third-order valence-electron chi connectivity index (χ3n) is 6.36. The molecule has 2 amide bonds. The molecule has 2 aromatic carbocycles. The normalized spacial score (nSPS) is 18.2. The van der Waals surface area contributed by atoms with E-state index < -0.39 is 5.41 Å². The van der Waals surface area contributed by atoms with Crippen LogP contribution >= 0.6 is 0 Å². The van der Waals surface area contributed by atoms with Crippen LogP contribution in [0.2, 0.25) is 0 Å². The van der Waals surface area contributed by atoms with Crippen molar-refractivity contribution in [2.24, 2.45) is 5.41 Å². The summed E-state index contributed by atoms with van der Waals surface area (Å²) in [5.74, 6) is 0.0698. The van der Waals surface area contributed by atoms with Crippen molar-refractivity contribution in [3.63, 3.8) is 0 Å². The van der Waals surface area contributed by atoms with Crippen LogP contribution in [0, 0.1) is 5.41 Å². The summed E-state index contributed by atoms with van der Waals surface area (Å²) in [6, 6.07) is 21.9. The van der Waals surface area contributed by atoms with E-state index in [1.54, 1.807) is 13.2 Å². The third kappa shape index (κ3) is 4.72. The average molecular weight is 428 g/mol. The lowest BCUT2D eigenvalue weighted by Crippen LogP contribution is -2.54. The molecule has 0 saturated carbocycles. The first kappa shape index (κ1) is 21.8. The first-order valence-corrected chi connectivity index (χ1v) is 11.1. The molecule has 1 aliphatic heterocycles. The molecule has 1 fully saturated rings. The van der Waals surface area contributed by atoms with Crippen molar-refractivity contribution in [3.8, 4) is 11.1 Å². The van der Waals surface area contributed by atoms with Crippen molar-refractivity contribution < 1.29 is 9.59 Å². The van der Waals surface area contributed by atoms with E-state index in [0.717, 1.165) is 35.1 Å². The predicted molar refractivity (Wildman–Crippen MR) is 126 cm³/mol. The summed E-state index contributed by atoms with van der Waals surface area (Å²) >= 11 is 0. The maximum absolute atomic E-state index is 13.2. The largest absolute Gasteiger partial charge is 0.359 e. The van der Waals surface area contributed by atoms with Crippen LogP contribution in [-0.2, 0) is 22.4 Å². The summed E-state index contributed by atoms with van der Waals surface area (Å²) < 4.78 is 0. The van der Waals surface area contributed by atoms with E-state index in [2.05, 4.69) is 22.4 Å². The molecule has 5 nitrogen and oxygen atoms in total. The molecule has 1 saturated heterocycles. The van der Waals surface area contributed by atoms with Gasteiger partial charge in [0.05, 0.1) is 11.8 Å². The molecular formula is C27H29N3O2. The Balaban J connectivity index is 1.61. The lowest BCUT2D eigenvalue weighted by molar-refractivity contribution is -0.141.